The van der Waals surface area contributed by atoms with E-state index in [1.54, 1.807) is 11.3 Å². The van der Waals surface area contributed by atoms with E-state index in [9.17, 15) is 4.79 Å². The summed E-state index contributed by atoms with van der Waals surface area (Å²) >= 11 is 4.97. The van der Waals surface area contributed by atoms with Crippen LogP contribution in [-0.2, 0) is 6.54 Å². The third-order valence-electron chi connectivity index (χ3n) is 2.71. The second kappa shape index (κ2) is 4.81. The number of carbonyl (C=O) groups is 1. The maximum Gasteiger partial charge on any atom is 0.291 e. The van der Waals surface area contributed by atoms with Crippen molar-refractivity contribution in [2.24, 2.45) is 0 Å². The molecule has 1 saturated carbocycles. The minimum atomic E-state index is -0.234. The number of H-pyrrole nitrogens is 1. The van der Waals surface area contributed by atoms with E-state index in [1.165, 1.54) is 0 Å². The number of aromatic amines is 1. The van der Waals surface area contributed by atoms with Gasteiger partial charge < -0.3 is 5.32 Å². The van der Waals surface area contributed by atoms with E-state index in [2.05, 4.69) is 36.4 Å². The van der Waals surface area contributed by atoms with Crippen molar-refractivity contribution in [3.8, 4) is 0 Å². The van der Waals surface area contributed by atoms with Gasteiger partial charge in [-0.15, -0.1) is 16.4 Å². The van der Waals surface area contributed by atoms with Crippen molar-refractivity contribution in [3.05, 3.63) is 32.4 Å². The Hall–Kier alpha value is -1.21. The van der Waals surface area contributed by atoms with Crippen molar-refractivity contribution in [2.45, 2.75) is 25.3 Å². The highest BCUT2D eigenvalue weighted by Crippen LogP contribution is 2.37. The maximum absolute atomic E-state index is 11.8. The van der Waals surface area contributed by atoms with Crippen molar-refractivity contribution < 1.29 is 4.79 Å². The topological polar surface area (TPSA) is 70.7 Å². The lowest BCUT2D eigenvalue weighted by Crippen LogP contribution is -2.23. The van der Waals surface area contributed by atoms with Crippen LogP contribution in [0.2, 0.25) is 0 Å². The van der Waals surface area contributed by atoms with Crippen molar-refractivity contribution in [1.29, 1.82) is 0 Å². The van der Waals surface area contributed by atoms with Crippen LogP contribution in [0.4, 0.5) is 0 Å². The number of nitrogens with one attached hydrogen (secondary N) is 2. The van der Waals surface area contributed by atoms with Gasteiger partial charge in [0.1, 0.15) is 5.82 Å². The fraction of sp³-hybridized carbons (Fsp3) is 0.364. The minimum Gasteiger partial charge on any atom is -0.344 e. The first-order valence-corrected chi connectivity index (χ1v) is 7.33. The normalized spacial score (nSPS) is 14.7. The van der Waals surface area contributed by atoms with Crippen LogP contribution in [0.3, 0.4) is 0 Å². The Labute approximate surface area is 116 Å². The molecule has 1 fully saturated rings. The van der Waals surface area contributed by atoms with E-state index >= 15 is 0 Å². The summed E-state index contributed by atoms with van der Waals surface area (Å²) in [5.41, 5.74) is 0. The number of carbonyl (C=O) groups excluding carboxylic acids is 1. The number of thiophene rings is 1. The molecule has 2 aromatic heterocycles. The third kappa shape index (κ3) is 2.62. The molecule has 1 aliphatic rings. The molecule has 3 rings (SSSR count). The molecule has 94 valence electrons. The van der Waals surface area contributed by atoms with Crippen molar-refractivity contribution in [1.82, 2.24) is 20.5 Å². The molecule has 1 amide bonds. The molecule has 0 unspecified atom stereocenters. The van der Waals surface area contributed by atoms with E-state index in [0.717, 1.165) is 28.0 Å². The Morgan fingerprint density at radius 2 is 2.44 bits per heavy atom. The van der Waals surface area contributed by atoms with E-state index in [4.69, 9.17) is 0 Å². The summed E-state index contributed by atoms with van der Waals surface area (Å²) in [6.45, 7) is 0.502. The zero-order valence-electron chi connectivity index (χ0n) is 9.44. The Bertz CT molecular complexity index is 575. The van der Waals surface area contributed by atoms with Crippen LogP contribution >= 0.6 is 27.3 Å². The largest absolute Gasteiger partial charge is 0.344 e. The van der Waals surface area contributed by atoms with Gasteiger partial charge in [-0.3, -0.25) is 9.89 Å². The van der Waals surface area contributed by atoms with Crippen LogP contribution in [-0.4, -0.2) is 21.1 Å². The van der Waals surface area contributed by atoms with Gasteiger partial charge in [0.15, 0.2) is 0 Å². The number of hydrogen-bond acceptors (Lipinski definition) is 4. The third-order valence-corrected chi connectivity index (χ3v) is 4.41. The molecular formula is C11H11BrN4OS. The Kier molecular flexibility index (Phi) is 3.17. The van der Waals surface area contributed by atoms with Crippen LogP contribution in [0.15, 0.2) is 15.9 Å². The molecular weight excluding hydrogens is 316 g/mol. The summed E-state index contributed by atoms with van der Waals surface area (Å²) in [4.78, 5) is 17.1. The average Bonchev–Trinajstić information content (AvgIpc) is 2.94. The number of aromatic nitrogens is 3. The fourth-order valence-electron chi connectivity index (χ4n) is 1.61. The van der Waals surface area contributed by atoms with Gasteiger partial charge in [-0.05, 0) is 34.8 Å². The predicted molar refractivity (Wildman–Crippen MR) is 71.5 cm³/mol. The van der Waals surface area contributed by atoms with Crippen LogP contribution < -0.4 is 5.32 Å². The van der Waals surface area contributed by atoms with Crippen molar-refractivity contribution in [2.75, 3.05) is 0 Å². The lowest BCUT2D eigenvalue weighted by atomic mass is 10.4. The van der Waals surface area contributed by atoms with Crippen molar-refractivity contribution in [3.63, 3.8) is 0 Å². The van der Waals surface area contributed by atoms with Gasteiger partial charge in [-0.1, -0.05) is 0 Å². The molecule has 18 heavy (non-hydrogen) atoms. The van der Waals surface area contributed by atoms with E-state index in [-0.39, 0.29) is 11.7 Å². The number of hydrogen-bond donors (Lipinski definition) is 2. The molecule has 7 heteroatoms. The Morgan fingerprint density at radius 3 is 3.11 bits per heavy atom. The van der Waals surface area contributed by atoms with Crippen LogP contribution in [0, 0.1) is 0 Å². The quantitative estimate of drug-likeness (QED) is 0.906. The molecule has 2 N–H and O–H groups in total. The smallest absolute Gasteiger partial charge is 0.291 e. The summed E-state index contributed by atoms with van der Waals surface area (Å²) < 4.78 is 1.03. The molecule has 0 bridgehead atoms. The first kappa shape index (κ1) is 11.9. The first-order chi connectivity index (χ1) is 8.72. The predicted octanol–water partition coefficient (Wildman–Crippen LogP) is 2.44. The molecule has 0 aromatic carbocycles. The second-order valence-corrected chi connectivity index (χ2v) is 6.14. The number of nitrogens with zero attached hydrogens (tertiary/aromatic N) is 2. The number of halogens is 1. The van der Waals surface area contributed by atoms with E-state index < -0.39 is 0 Å². The summed E-state index contributed by atoms with van der Waals surface area (Å²) in [5.74, 6) is 1.31. The average molecular weight is 327 g/mol. The van der Waals surface area contributed by atoms with Crippen LogP contribution in [0.1, 0.15) is 40.1 Å². The van der Waals surface area contributed by atoms with Gasteiger partial charge >= 0.3 is 0 Å². The first-order valence-electron chi connectivity index (χ1n) is 5.66. The monoisotopic (exact) mass is 326 g/mol. The van der Waals surface area contributed by atoms with E-state index in [0.29, 0.717) is 12.5 Å². The highest BCUT2D eigenvalue weighted by Gasteiger charge is 2.28. The number of amides is 1. The molecule has 0 saturated heterocycles. The Morgan fingerprint density at radius 1 is 1.61 bits per heavy atom. The SMILES string of the molecule is O=C(NCc1cc(Br)cs1)c1n[nH]c(C2CC2)n1. The minimum absolute atomic E-state index is 0.229. The molecule has 5 nitrogen and oxygen atoms in total. The summed E-state index contributed by atoms with van der Waals surface area (Å²) in [7, 11) is 0. The van der Waals surface area contributed by atoms with Gasteiger partial charge in [-0.2, -0.15) is 0 Å². The van der Waals surface area contributed by atoms with Crippen molar-refractivity contribution >= 4 is 33.2 Å². The second-order valence-electron chi connectivity index (χ2n) is 4.23. The standard InChI is InChI=1S/C11H11BrN4OS/c12-7-3-8(18-5-7)4-13-11(17)10-14-9(15-16-10)6-1-2-6/h3,5-6H,1-2,4H2,(H,13,17)(H,14,15,16). The zero-order chi connectivity index (χ0) is 12.5. The molecule has 0 atom stereocenters. The summed E-state index contributed by atoms with van der Waals surface area (Å²) in [6, 6.07) is 1.98. The fourth-order valence-corrected chi connectivity index (χ4v) is 3.00. The molecule has 0 spiro atoms. The molecule has 0 aliphatic heterocycles. The number of rotatable bonds is 4. The Balaban J connectivity index is 1.59. The molecule has 2 heterocycles. The molecule has 0 radical (unpaired) electrons. The van der Waals surface area contributed by atoms with Gasteiger partial charge in [0.2, 0.25) is 5.82 Å². The maximum atomic E-state index is 11.8. The van der Waals surface area contributed by atoms with Crippen LogP contribution in [0.5, 0.6) is 0 Å². The van der Waals surface area contributed by atoms with Gasteiger partial charge in [0, 0.05) is 20.6 Å². The molecule has 2 aromatic rings. The summed E-state index contributed by atoms with van der Waals surface area (Å²) in [5, 5.41) is 11.6. The highest BCUT2D eigenvalue weighted by atomic mass is 79.9. The highest BCUT2D eigenvalue weighted by molar-refractivity contribution is 9.10. The summed E-state index contributed by atoms with van der Waals surface area (Å²) in [6.07, 6.45) is 2.28. The van der Waals surface area contributed by atoms with Crippen LogP contribution in [0.25, 0.3) is 0 Å². The molecule has 1 aliphatic carbocycles. The zero-order valence-corrected chi connectivity index (χ0v) is 11.8. The van der Waals surface area contributed by atoms with E-state index in [1.807, 2.05) is 11.4 Å². The lowest BCUT2D eigenvalue weighted by molar-refractivity contribution is 0.0941. The van der Waals surface area contributed by atoms with Gasteiger partial charge in [0.05, 0.1) is 6.54 Å². The van der Waals surface area contributed by atoms with Gasteiger partial charge in [-0.25, -0.2) is 4.98 Å². The van der Waals surface area contributed by atoms with Gasteiger partial charge in [0.25, 0.3) is 5.91 Å². The lowest BCUT2D eigenvalue weighted by Gasteiger charge is -1.98.